The third kappa shape index (κ3) is 5.14. The lowest BCUT2D eigenvalue weighted by Gasteiger charge is -2.50. The molecule has 2 aromatic rings. The standard InChI is InChI=1S/C28H37Cl2N5/c1-17-10-23(11-17)34-9-3-4-20(14-34)21-15-35(16-21)28-32-26(19-5-6-19)13-27(33-28)31-18(2)24-8-7-22(29)12-25(24)30/h7-8,12-13,17-21,23H,3-6,9-11,14-16H2,1-2H3,(H,31,32,33)/t17?,18-,20+,23?/m1/s1. The Morgan fingerprint density at radius 2 is 1.80 bits per heavy atom. The Labute approximate surface area is 219 Å². The highest BCUT2D eigenvalue weighted by Crippen LogP contribution is 2.42. The van der Waals surface area contributed by atoms with Gasteiger partial charge in [-0.25, -0.2) is 4.98 Å². The Morgan fingerprint density at radius 3 is 2.51 bits per heavy atom. The maximum Gasteiger partial charge on any atom is 0.227 e. The number of nitrogens with one attached hydrogen (secondary N) is 1. The molecule has 3 heterocycles. The zero-order valence-electron chi connectivity index (χ0n) is 20.9. The van der Waals surface area contributed by atoms with Crippen molar-refractivity contribution in [3.63, 3.8) is 0 Å². The Kier molecular flexibility index (Phi) is 6.61. The molecule has 1 aromatic heterocycles. The van der Waals surface area contributed by atoms with E-state index in [2.05, 4.69) is 35.0 Å². The van der Waals surface area contributed by atoms with Gasteiger partial charge in [0.2, 0.25) is 5.95 Å². The number of benzene rings is 1. The number of piperidine rings is 1. The molecule has 0 bridgehead atoms. The van der Waals surface area contributed by atoms with E-state index in [1.807, 2.05) is 12.1 Å². The van der Waals surface area contributed by atoms with E-state index >= 15 is 0 Å². The second-order valence-corrected chi connectivity index (χ2v) is 12.4. The first-order valence-electron chi connectivity index (χ1n) is 13.5. The van der Waals surface area contributed by atoms with Crippen molar-refractivity contribution in [1.29, 1.82) is 0 Å². The summed E-state index contributed by atoms with van der Waals surface area (Å²) in [4.78, 5) is 15.1. The smallest absolute Gasteiger partial charge is 0.227 e. The van der Waals surface area contributed by atoms with Crippen LogP contribution in [0.4, 0.5) is 11.8 Å². The summed E-state index contributed by atoms with van der Waals surface area (Å²) in [5, 5.41) is 4.92. The first kappa shape index (κ1) is 23.8. The lowest BCUT2D eigenvalue weighted by molar-refractivity contribution is 0.0294. The van der Waals surface area contributed by atoms with Crippen molar-refractivity contribution >= 4 is 35.0 Å². The monoisotopic (exact) mass is 513 g/mol. The third-order valence-corrected chi connectivity index (χ3v) is 9.30. The number of likely N-dealkylation sites (tertiary alicyclic amines) is 1. The van der Waals surface area contributed by atoms with Gasteiger partial charge in [0, 0.05) is 47.7 Å². The Morgan fingerprint density at radius 1 is 1.00 bits per heavy atom. The Hall–Kier alpha value is -1.56. The minimum atomic E-state index is 0.0288. The van der Waals surface area contributed by atoms with E-state index in [9.17, 15) is 0 Å². The number of nitrogens with zero attached hydrogens (tertiary/aromatic N) is 4. The van der Waals surface area contributed by atoms with Crippen LogP contribution in [0.5, 0.6) is 0 Å². The van der Waals surface area contributed by atoms with Crippen LogP contribution in [0.15, 0.2) is 24.3 Å². The predicted molar refractivity (Wildman–Crippen MR) is 145 cm³/mol. The molecule has 4 aliphatic rings. The summed E-state index contributed by atoms with van der Waals surface area (Å²) >= 11 is 12.6. The number of hydrogen-bond donors (Lipinski definition) is 1. The molecule has 35 heavy (non-hydrogen) atoms. The molecule has 0 spiro atoms. The summed E-state index contributed by atoms with van der Waals surface area (Å²) in [5.74, 6) is 4.89. The lowest BCUT2D eigenvalue weighted by atomic mass is 9.76. The molecule has 2 aliphatic carbocycles. The van der Waals surface area contributed by atoms with Crippen LogP contribution >= 0.6 is 23.2 Å². The van der Waals surface area contributed by atoms with Gasteiger partial charge in [0.15, 0.2) is 0 Å². The average Bonchev–Trinajstić information content (AvgIpc) is 3.61. The molecule has 2 saturated heterocycles. The summed E-state index contributed by atoms with van der Waals surface area (Å²) in [6, 6.07) is 8.70. The maximum absolute atomic E-state index is 6.47. The van der Waals surface area contributed by atoms with E-state index in [0.29, 0.717) is 16.0 Å². The van der Waals surface area contributed by atoms with E-state index in [4.69, 9.17) is 33.2 Å². The zero-order chi connectivity index (χ0) is 24.1. The highest BCUT2D eigenvalue weighted by Gasteiger charge is 2.40. The molecule has 188 valence electrons. The molecule has 0 unspecified atom stereocenters. The van der Waals surface area contributed by atoms with Gasteiger partial charge in [0.25, 0.3) is 0 Å². The summed E-state index contributed by atoms with van der Waals surface area (Å²) in [6.07, 6.45) is 8.01. The van der Waals surface area contributed by atoms with Gasteiger partial charge in [0.1, 0.15) is 5.82 Å². The SMILES string of the molecule is CC1CC(N2CCC[C@H](C3CN(c4nc(N[C@H](C)c5ccc(Cl)cc5Cl)cc(C5CC5)n4)C3)C2)C1. The first-order valence-corrected chi connectivity index (χ1v) is 14.3. The van der Waals surface area contributed by atoms with Gasteiger partial charge < -0.3 is 15.1 Å². The fourth-order valence-electron chi connectivity index (χ4n) is 6.30. The molecule has 6 rings (SSSR count). The van der Waals surface area contributed by atoms with E-state index in [1.54, 1.807) is 6.07 Å². The molecule has 5 nitrogen and oxygen atoms in total. The van der Waals surface area contributed by atoms with Crippen molar-refractivity contribution in [3.8, 4) is 0 Å². The molecule has 2 aliphatic heterocycles. The highest BCUT2D eigenvalue weighted by atomic mass is 35.5. The minimum Gasteiger partial charge on any atom is -0.363 e. The van der Waals surface area contributed by atoms with Gasteiger partial charge in [-0.3, -0.25) is 0 Å². The number of halogens is 2. The van der Waals surface area contributed by atoms with Crippen molar-refractivity contribution in [1.82, 2.24) is 14.9 Å². The number of rotatable bonds is 7. The molecule has 2 saturated carbocycles. The highest BCUT2D eigenvalue weighted by molar-refractivity contribution is 6.35. The number of aromatic nitrogens is 2. The van der Waals surface area contributed by atoms with Crippen molar-refractivity contribution in [2.75, 3.05) is 36.4 Å². The largest absolute Gasteiger partial charge is 0.363 e. The zero-order valence-corrected chi connectivity index (χ0v) is 22.4. The van der Waals surface area contributed by atoms with Crippen LogP contribution in [0, 0.1) is 17.8 Å². The molecular formula is C28H37Cl2N5. The van der Waals surface area contributed by atoms with Crippen molar-refractivity contribution in [2.24, 2.45) is 17.8 Å². The lowest BCUT2D eigenvalue weighted by Crippen LogP contribution is -2.56. The summed E-state index contributed by atoms with van der Waals surface area (Å²) in [5.41, 5.74) is 2.20. The van der Waals surface area contributed by atoms with Crippen LogP contribution in [0.3, 0.4) is 0 Å². The van der Waals surface area contributed by atoms with Gasteiger partial charge in [0.05, 0.1) is 11.7 Å². The van der Waals surface area contributed by atoms with Crippen LogP contribution < -0.4 is 10.2 Å². The summed E-state index contributed by atoms with van der Waals surface area (Å²) < 4.78 is 0. The van der Waals surface area contributed by atoms with Crippen molar-refractivity contribution in [2.45, 2.75) is 70.4 Å². The van der Waals surface area contributed by atoms with Crippen LogP contribution in [-0.2, 0) is 0 Å². The summed E-state index contributed by atoms with van der Waals surface area (Å²) in [6.45, 7) is 9.29. The fraction of sp³-hybridized carbons (Fsp3) is 0.643. The predicted octanol–water partition coefficient (Wildman–Crippen LogP) is 6.78. The topological polar surface area (TPSA) is 44.3 Å². The average molecular weight is 515 g/mol. The van der Waals surface area contributed by atoms with Crippen LogP contribution in [0.25, 0.3) is 0 Å². The number of anilines is 2. The third-order valence-electron chi connectivity index (χ3n) is 8.74. The van der Waals surface area contributed by atoms with Crippen LogP contribution in [-0.4, -0.2) is 47.1 Å². The molecule has 0 radical (unpaired) electrons. The van der Waals surface area contributed by atoms with Crippen LogP contribution in [0.1, 0.15) is 75.6 Å². The quantitative estimate of drug-likeness (QED) is 0.441. The van der Waals surface area contributed by atoms with Gasteiger partial charge in [-0.2, -0.15) is 4.98 Å². The van der Waals surface area contributed by atoms with E-state index in [-0.39, 0.29) is 6.04 Å². The second kappa shape index (κ2) is 9.72. The van der Waals surface area contributed by atoms with Crippen LogP contribution in [0.2, 0.25) is 10.0 Å². The maximum atomic E-state index is 6.47. The molecule has 7 heteroatoms. The Bertz CT molecular complexity index is 1060. The van der Waals surface area contributed by atoms with Gasteiger partial charge in [-0.1, -0.05) is 36.2 Å². The van der Waals surface area contributed by atoms with Crippen molar-refractivity contribution < 1.29 is 0 Å². The molecular weight excluding hydrogens is 477 g/mol. The van der Waals surface area contributed by atoms with Crippen molar-refractivity contribution in [3.05, 3.63) is 45.6 Å². The number of hydrogen-bond acceptors (Lipinski definition) is 5. The molecule has 1 aromatic carbocycles. The van der Waals surface area contributed by atoms with Gasteiger partial charge in [-0.05, 0) is 87.4 Å². The fourth-order valence-corrected chi connectivity index (χ4v) is 6.87. The van der Waals surface area contributed by atoms with E-state index in [1.165, 1.54) is 57.3 Å². The summed E-state index contributed by atoms with van der Waals surface area (Å²) in [7, 11) is 0. The second-order valence-electron chi connectivity index (χ2n) is 11.6. The van der Waals surface area contributed by atoms with E-state index < -0.39 is 0 Å². The molecule has 1 N–H and O–H groups in total. The molecule has 4 fully saturated rings. The van der Waals surface area contributed by atoms with Gasteiger partial charge in [-0.15, -0.1) is 0 Å². The van der Waals surface area contributed by atoms with Gasteiger partial charge >= 0.3 is 0 Å². The van der Waals surface area contributed by atoms with E-state index in [0.717, 1.165) is 54.2 Å². The normalized spacial score (nSPS) is 28.3. The molecule has 0 amide bonds. The Balaban J connectivity index is 1.12. The minimum absolute atomic E-state index is 0.0288. The first-order chi connectivity index (χ1) is 16.9. The molecule has 2 atom stereocenters.